The molecule has 2 aromatic rings. The van der Waals surface area contributed by atoms with E-state index >= 15 is 0 Å². The van der Waals surface area contributed by atoms with Crippen LogP contribution >= 0.6 is 0 Å². The fourth-order valence-electron chi connectivity index (χ4n) is 3.73. The van der Waals surface area contributed by atoms with Gasteiger partial charge in [-0.1, -0.05) is 6.42 Å². The number of benzene rings is 1. The highest BCUT2D eigenvalue weighted by molar-refractivity contribution is 5.33. The summed E-state index contributed by atoms with van der Waals surface area (Å²) in [6, 6.07) is 6.51. The molecule has 0 bridgehead atoms. The molecule has 7 heteroatoms. The zero-order chi connectivity index (χ0) is 17.9. The zero-order valence-electron chi connectivity index (χ0n) is 14.5. The molecule has 0 N–H and O–H groups in total. The summed E-state index contributed by atoms with van der Waals surface area (Å²) in [5.41, 5.74) is 0.989. The van der Waals surface area contributed by atoms with Crippen molar-refractivity contribution in [3.8, 4) is 6.07 Å². The van der Waals surface area contributed by atoms with E-state index in [1.54, 1.807) is 6.07 Å². The van der Waals surface area contributed by atoms with Crippen LogP contribution in [-0.2, 0) is 11.3 Å². The molecule has 0 unspecified atom stereocenters. The third-order valence-corrected chi connectivity index (χ3v) is 5.11. The molecule has 1 aromatic carbocycles. The molecule has 2 atom stereocenters. The molecule has 1 aromatic heterocycles. The molecule has 6 nitrogen and oxygen atoms in total. The minimum atomic E-state index is -0.293. The monoisotopic (exact) mass is 356 g/mol. The van der Waals surface area contributed by atoms with Gasteiger partial charge in [-0.05, 0) is 50.4 Å². The number of ether oxygens (including phenoxy) is 1. The summed E-state index contributed by atoms with van der Waals surface area (Å²) in [7, 11) is 0. The van der Waals surface area contributed by atoms with Crippen LogP contribution in [0, 0.1) is 17.1 Å². The highest BCUT2D eigenvalue weighted by atomic mass is 19.1. The van der Waals surface area contributed by atoms with Gasteiger partial charge in [-0.3, -0.25) is 4.90 Å². The van der Waals surface area contributed by atoms with Gasteiger partial charge in [0.25, 0.3) is 0 Å². The molecule has 0 spiro atoms. The van der Waals surface area contributed by atoms with Crippen molar-refractivity contribution in [3.63, 3.8) is 0 Å². The molecular weight excluding hydrogens is 335 g/mol. The number of halogens is 1. The maximum absolute atomic E-state index is 14.2. The molecule has 0 aliphatic carbocycles. The van der Waals surface area contributed by atoms with Gasteiger partial charge in [0.05, 0.1) is 17.7 Å². The predicted molar refractivity (Wildman–Crippen MR) is 90.3 cm³/mol. The van der Waals surface area contributed by atoms with Crippen LogP contribution in [0.4, 0.5) is 4.39 Å². The number of likely N-dealkylation sites (tertiary alicyclic amines) is 1. The Morgan fingerprint density at radius 3 is 2.88 bits per heavy atom. The first-order valence-corrected chi connectivity index (χ1v) is 9.12. The number of hydrogen-bond acceptors (Lipinski definition) is 6. The third kappa shape index (κ3) is 3.48. The molecule has 3 heterocycles. The lowest BCUT2D eigenvalue weighted by Gasteiger charge is -2.33. The summed E-state index contributed by atoms with van der Waals surface area (Å²) in [6.07, 6.45) is 4.82. The molecule has 2 aliphatic heterocycles. The molecule has 4 rings (SSSR count). The first-order chi connectivity index (χ1) is 12.7. The lowest BCUT2D eigenvalue weighted by molar-refractivity contribution is 0.0793. The van der Waals surface area contributed by atoms with E-state index in [9.17, 15) is 4.39 Å². The predicted octanol–water partition coefficient (Wildman–Crippen LogP) is 3.66. The van der Waals surface area contributed by atoms with Gasteiger partial charge >= 0.3 is 0 Å². The minimum Gasteiger partial charge on any atom is -0.421 e. The standard InChI is InChI=1S/C19H21FN4O2/c20-15-7-6-13(11-21)10-14(15)12-24-8-2-1-4-16(24)18-22-23-19(26-18)17-5-3-9-25-17/h6-7,10,16-17H,1-5,8-9,12H2/t16-,17+/m0/s1. The molecule has 0 radical (unpaired) electrons. The van der Waals surface area contributed by atoms with Crippen LogP contribution in [0.5, 0.6) is 0 Å². The van der Waals surface area contributed by atoms with Crippen molar-refractivity contribution in [1.29, 1.82) is 5.26 Å². The van der Waals surface area contributed by atoms with E-state index in [1.807, 2.05) is 0 Å². The number of nitrogens with zero attached hydrogens (tertiary/aromatic N) is 4. The summed E-state index contributed by atoms with van der Waals surface area (Å²) in [5.74, 6) is 0.826. The van der Waals surface area contributed by atoms with Crippen molar-refractivity contribution >= 4 is 0 Å². The van der Waals surface area contributed by atoms with Crippen LogP contribution in [0.1, 0.15) is 67.2 Å². The Morgan fingerprint density at radius 1 is 1.19 bits per heavy atom. The van der Waals surface area contributed by atoms with Crippen molar-refractivity contribution in [2.75, 3.05) is 13.2 Å². The highest BCUT2D eigenvalue weighted by Gasteiger charge is 2.31. The molecule has 2 fully saturated rings. The van der Waals surface area contributed by atoms with Crippen LogP contribution in [0.25, 0.3) is 0 Å². The first kappa shape index (κ1) is 17.1. The molecule has 26 heavy (non-hydrogen) atoms. The second kappa shape index (κ2) is 7.52. The van der Waals surface area contributed by atoms with E-state index in [1.165, 1.54) is 12.1 Å². The van der Waals surface area contributed by atoms with Crippen LogP contribution in [0.15, 0.2) is 22.6 Å². The Balaban J connectivity index is 1.54. The van der Waals surface area contributed by atoms with Gasteiger partial charge in [0.1, 0.15) is 11.9 Å². The van der Waals surface area contributed by atoms with Crippen LogP contribution < -0.4 is 0 Å². The van der Waals surface area contributed by atoms with Gasteiger partial charge in [-0.15, -0.1) is 10.2 Å². The number of hydrogen-bond donors (Lipinski definition) is 0. The van der Waals surface area contributed by atoms with E-state index in [2.05, 4.69) is 21.2 Å². The fourth-order valence-corrected chi connectivity index (χ4v) is 3.73. The van der Waals surface area contributed by atoms with Gasteiger partial charge in [-0.25, -0.2) is 4.39 Å². The lowest BCUT2D eigenvalue weighted by atomic mass is 10.0. The molecule has 2 saturated heterocycles. The minimum absolute atomic E-state index is 0.0310. The Morgan fingerprint density at radius 2 is 2.08 bits per heavy atom. The molecular formula is C19H21FN4O2. The Bertz CT molecular complexity index is 810. The second-order valence-corrected chi connectivity index (χ2v) is 6.88. The molecule has 2 aliphatic rings. The number of aromatic nitrogens is 2. The van der Waals surface area contributed by atoms with Gasteiger partial charge in [-0.2, -0.15) is 5.26 Å². The van der Waals surface area contributed by atoms with Gasteiger partial charge in [0.15, 0.2) is 0 Å². The maximum Gasteiger partial charge on any atom is 0.245 e. The largest absolute Gasteiger partial charge is 0.421 e. The number of piperidine rings is 1. The third-order valence-electron chi connectivity index (χ3n) is 5.11. The maximum atomic E-state index is 14.2. The van der Waals surface area contributed by atoms with Gasteiger partial charge in [0, 0.05) is 18.7 Å². The fraction of sp³-hybridized carbons (Fsp3) is 0.526. The lowest BCUT2D eigenvalue weighted by Crippen LogP contribution is -2.33. The second-order valence-electron chi connectivity index (χ2n) is 6.88. The van der Waals surface area contributed by atoms with E-state index in [-0.39, 0.29) is 18.0 Å². The average Bonchev–Trinajstić information content (AvgIpc) is 3.35. The first-order valence-electron chi connectivity index (χ1n) is 9.12. The molecule has 136 valence electrons. The molecule has 0 saturated carbocycles. The smallest absolute Gasteiger partial charge is 0.245 e. The molecule has 0 amide bonds. The number of nitriles is 1. The Hall–Kier alpha value is -2.30. The highest BCUT2D eigenvalue weighted by Crippen LogP contribution is 2.34. The van der Waals surface area contributed by atoms with E-state index in [4.69, 9.17) is 14.4 Å². The van der Waals surface area contributed by atoms with Crippen molar-refractivity contribution in [2.45, 2.75) is 50.8 Å². The van der Waals surface area contributed by atoms with Gasteiger partial charge < -0.3 is 9.15 Å². The van der Waals surface area contributed by atoms with Crippen LogP contribution in [0.2, 0.25) is 0 Å². The summed E-state index contributed by atoms with van der Waals surface area (Å²) >= 11 is 0. The summed E-state index contributed by atoms with van der Waals surface area (Å²) in [6.45, 7) is 1.98. The summed E-state index contributed by atoms with van der Waals surface area (Å²) in [4.78, 5) is 2.16. The zero-order valence-corrected chi connectivity index (χ0v) is 14.5. The quantitative estimate of drug-likeness (QED) is 0.832. The van der Waals surface area contributed by atoms with Crippen molar-refractivity contribution < 1.29 is 13.5 Å². The number of rotatable bonds is 4. The average molecular weight is 356 g/mol. The van der Waals surface area contributed by atoms with Crippen molar-refractivity contribution in [1.82, 2.24) is 15.1 Å². The van der Waals surface area contributed by atoms with E-state index < -0.39 is 0 Å². The Labute approximate surface area is 151 Å². The normalized spacial score (nSPS) is 23.8. The van der Waals surface area contributed by atoms with Crippen molar-refractivity contribution in [2.24, 2.45) is 0 Å². The van der Waals surface area contributed by atoms with Crippen LogP contribution in [-0.4, -0.2) is 28.2 Å². The van der Waals surface area contributed by atoms with Gasteiger partial charge in [0.2, 0.25) is 11.8 Å². The van der Waals surface area contributed by atoms with E-state index in [0.29, 0.717) is 29.5 Å². The van der Waals surface area contributed by atoms with Crippen molar-refractivity contribution in [3.05, 3.63) is 46.9 Å². The van der Waals surface area contributed by atoms with E-state index in [0.717, 1.165) is 45.3 Å². The summed E-state index contributed by atoms with van der Waals surface area (Å²) in [5, 5.41) is 17.5. The SMILES string of the molecule is N#Cc1ccc(F)c(CN2CCCC[C@H]2c2nnc([C@H]3CCCO3)o2)c1. The van der Waals surface area contributed by atoms with Crippen LogP contribution in [0.3, 0.4) is 0 Å². The topological polar surface area (TPSA) is 75.2 Å². The Kier molecular flexibility index (Phi) is 4.96. The summed E-state index contributed by atoms with van der Waals surface area (Å²) < 4.78 is 25.7.